The van der Waals surface area contributed by atoms with Crippen LogP contribution in [0, 0.1) is 0 Å². The molecule has 6 nitrogen and oxygen atoms in total. The molecular weight excluding hydrogens is 318 g/mol. The zero-order chi connectivity index (χ0) is 17.8. The minimum absolute atomic E-state index is 0.0450. The number of nitrogens with two attached hydrogens (primary N) is 1. The van der Waals surface area contributed by atoms with Gasteiger partial charge in [-0.1, -0.05) is 24.3 Å². The fourth-order valence-corrected chi connectivity index (χ4v) is 3.70. The molecule has 2 amide bonds. The second kappa shape index (κ2) is 7.78. The number of hydrogen-bond donors (Lipinski definition) is 2. The summed E-state index contributed by atoms with van der Waals surface area (Å²) in [7, 11) is 0. The van der Waals surface area contributed by atoms with Gasteiger partial charge in [-0.25, -0.2) is 0 Å². The van der Waals surface area contributed by atoms with E-state index in [1.165, 1.54) is 6.42 Å². The molecule has 2 unspecified atom stereocenters. The first-order chi connectivity index (χ1) is 12.1. The molecule has 2 atom stereocenters. The molecule has 1 aromatic rings. The van der Waals surface area contributed by atoms with E-state index in [0.29, 0.717) is 6.42 Å². The van der Waals surface area contributed by atoms with Crippen LogP contribution < -0.4 is 11.1 Å². The predicted octanol–water partition coefficient (Wildman–Crippen LogP) is 1.09. The maximum Gasteiger partial charge on any atom is 0.234 e. The molecule has 1 saturated heterocycles. The molecule has 3 rings (SSSR count). The van der Waals surface area contributed by atoms with Gasteiger partial charge >= 0.3 is 0 Å². The first-order valence-electron chi connectivity index (χ1n) is 9.00. The highest BCUT2D eigenvalue weighted by Gasteiger charge is 2.33. The van der Waals surface area contributed by atoms with Gasteiger partial charge in [0.1, 0.15) is 0 Å². The second-order valence-electron chi connectivity index (χ2n) is 6.87. The number of amides is 2. The summed E-state index contributed by atoms with van der Waals surface area (Å²) in [5, 5.41) is 3.06. The van der Waals surface area contributed by atoms with Crippen LogP contribution in [-0.4, -0.2) is 41.6 Å². The Balaban J connectivity index is 1.66. The number of carbonyl (C=O) groups is 3. The van der Waals surface area contributed by atoms with Crippen LogP contribution in [0.3, 0.4) is 0 Å². The summed E-state index contributed by atoms with van der Waals surface area (Å²) in [5.41, 5.74) is 7.28. The van der Waals surface area contributed by atoms with E-state index in [0.717, 1.165) is 37.1 Å². The average Bonchev–Trinajstić information content (AvgIpc) is 2.65. The lowest BCUT2D eigenvalue weighted by Crippen LogP contribution is -2.49. The van der Waals surface area contributed by atoms with Gasteiger partial charge in [0.05, 0.1) is 12.1 Å². The number of piperidine rings is 1. The number of Topliss-reactive ketones (excluding diaryl/α,β-unsaturated/α-hetero) is 1. The van der Waals surface area contributed by atoms with Crippen LogP contribution in [0.5, 0.6) is 0 Å². The van der Waals surface area contributed by atoms with Crippen molar-refractivity contribution < 1.29 is 14.4 Å². The molecule has 0 bridgehead atoms. The molecule has 25 heavy (non-hydrogen) atoms. The van der Waals surface area contributed by atoms with E-state index in [1.807, 2.05) is 29.2 Å². The largest absolute Gasteiger partial charge is 0.368 e. The zero-order valence-electron chi connectivity index (χ0n) is 14.4. The van der Waals surface area contributed by atoms with E-state index in [-0.39, 0.29) is 24.5 Å². The van der Waals surface area contributed by atoms with E-state index in [4.69, 9.17) is 5.73 Å². The van der Waals surface area contributed by atoms with Crippen molar-refractivity contribution in [2.24, 2.45) is 5.73 Å². The third kappa shape index (κ3) is 4.07. The molecule has 3 N–H and O–H groups in total. The number of nitrogens with zero attached hydrogens (tertiary/aromatic N) is 1. The van der Waals surface area contributed by atoms with Crippen LogP contribution in [0.1, 0.15) is 49.3 Å². The van der Waals surface area contributed by atoms with Gasteiger partial charge in [-0.15, -0.1) is 0 Å². The smallest absolute Gasteiger partial charge is 0.234 e. The fourth-order valence-electron chi connectivity index (χ4n) is 3.70. The normalized spacial score (nSPS) is 23.0. The number of carbonyl (C=O) groups excluding carboxylic acids is 3. The van der Waals surface area contributed by atoms with Crippen molar-refractivity contribution in [1.82, 2.24) is 10.2 Å². The van der Waals surface area contributed by atoms with Crippen LogP contribution >= 0.6 is 0 Å². The number of ketones is 1. The Labute approximate surface area is 147 Å². The predicted molar refractivity (Wildman–Crippen MR) is 93.7 cm³/mol. The lowest BCUT2D eigenvalue weighted by Gasteiger charge is -2.31. The van der Waals surface area contributed by atoms with Gasteiger partial charge in [0.25, 0.3) is 0 Å². The molecular formula is C19H25N3O3. The Kier molecular flexibility index (Phi) is 5.48. The molecule has 2 aliphatic heterocycles. The Morgan fingerprint density at radius 2 is 1.80 bits per heavy atom. The van der Waals surface area contributed by atoms with Gasteiger partial charge in [0.15, 0.2) is 5.78 Å². The SMILES string of the molecule is NC(=O)C1Cc2ccccc2C(C(=O)CCC(=O)N2CCCCC2)N1. The van der Waals surface area contributed by atoms with E-state index in [9.17, 15) is 14.4 Å². The number of likely N-dealkylation sites (tertiary alicyclic amines) is 1. The van der Waals surface area contributed by atoms with Gasteiger partial charge in [-0.05, 0) is 36.8 Å². The van der Waals surface area contributed by atoms with Crippen LogP contribution in [0.25, 0.3) is 0 Å². The molecule has 0 saturated carbocycles. The fraction of sp³-hybridized carbons (Fsp3) is 0.526. The highest BCUT2D eigenvalue weighted by atomic mass is 16.2. The summed E-state index contributed by atoms with van der Waals surface area (Å²) in [6.07, 6.45) is 4.13. The maximum atomic E-state index is 12.7. The Morgan fingerprint density at radius 1 is 1.08 bits per heavy atom. The molecule has 2 heterocycles. The first-order valence-corrected chi connectivity index (χ1v) is 9.00. The van der Waals surface area contributed by atoms with Gasteiger partial charge in [-0.3, -0.25) is 19.7 Å². The molecule has 134 valence electrons. The van der Waals surface area contributed by atoms with Crippen molar-refractivity contribution in [1.29, 1.82) is 0 Å². The number of fused-ring (bicyclic) bond motifs is 1. The third-order valence-electron chi connectivity index (χ3n) is 5.12. The van der Waals surface area contributed by atoms with Crippen molar-refractivity contribution in [3.8, 4) is 0 Å². The van der Waals surface area contributed by atoms with Crippen LogP contribution in [0.4, 0.5) is 0 Å². The van der Waals surface area contributed by atoms with Crippen molar-refractivity contribution in [2.75, 3.05) is 13.1 Å². The van der Waals surface area contributed by atoms with Crippen LogP contribution in [0.2, 0.25) is 0 Å². The summed E-state index contributed by atoms with van der Waals surface area (Å²) < 4.78 is 0. The van der Waals surface area contributed by atoms with E-state index in [2.05, 4.69) is 5.32 Å². The maximum absolute atomic E-state index is 12.7. The van der Waals surface area contributed by atoms with Gasteiger partial charge in [0.2, 0.25) is 11.8 Å². The lowest BCUT2D eigenvalue weighted by atomic mass is 9.87. The Hall–Kier alpha value is -2.21. The third-order valence-corrected chi connectivity index (χ3v) is 5.12. The van der Waals surface area contributed by atoms with E-state index < -0.39 is 18.0 Å². The molecule has 6 heteroatoms. The molecule has 0 spiro atoms. The van der Waals surface area contributed by atoms with Gasteiger partial charge in [0, 0.05) is 25.9 Å². The first kappa shape index (κ1) is 17.6. The Bertz CT molecular complexity index is 668. The highest BCUT2D eigenvalue weighted by molar-refractivity contribution is 5.91. The monoisotopic (exact) mass is 343 g/mol. The topological polar surface area (TPSA) is 92.5 Å². The number of hydrogen-bond acceptors (Lipinski definition) is 4. The van der Waals surface area contributed by atoms with Crippen molar-refractivity contribution >= 4 is 17.6 Å². The molecule has 0 radical (unpaired) electrons. The summed E-state index contributed by atoms with van der Waals surface area (Å²) in [4.78, 5) is 38.5. The number of nitrogens with one attached hydrogen (secondary N) is 1. The number of benzene rings is 1. The van der Waals surface area contributed by atoms with Crippen molar-refractivity contribution in [3.63, 3.8) is 0 Å². The molecule has 0 aromatic heterocycles. The van der Waals surface area contributed by atoms with E-state index >= 15 is 0 Å². The molecule has 1 aromatic carbocycles. The van der Waals surface area contributed by atoms with Gasteiger partial charge in [-0.2, -0.15) is 0 Å². The molecule has 0 aliphatic carbocycles. The zero-order valence-corrected chi connectivity index (χ0v) is 14.4. The molecule has 2 aliphatic rings. The van der Waals surface area contributed by atoms with E-state index in [1.54, 1.807) is 0 Å². The average molecular weight is 343 g/mol. The van der Waals surface area contributed by atoms with Crippen molar-refractivity contribution in [2.45, 2.75) is 50.6 Å². The Morgan fingerprint density at radius 3 is 2.52 bits per heavy atom. The molecule has 1 fully saturated rings. The summed E-state index contributed by atoms with van der Waals surface area (Å²) in [5.74, 6) is -0.482. The van der Waals surface area contributed by atoms with Gasteiger partial charge < -0.3 is 10.6 Å². The second-order valence-corrected chi connectivity index (χ2v) is 6.87. The van der Waals surface area contributed by atoms with Crippen molar-refractivity contribution in [3.05, 3.63) is 35.4 Å². The summed E-state index contributed by atoms with van der Waals surface area (Å²) >= 11 is 0. The lowest BCUT2D eigenvalue weighted by molar-refractivity contribution is -0.134. The number of rotatable bonds is 5. The minimum Gasteiger partial charge on any atom is -0.368 e. The van der Waals surface area contributed by atoms with Crippen LogP contribution in [-0.2, 0) is 20.8 Å². The number of primary amides is 1. The van der Waals surface area contributed by atoms with Crippen LogP contribution in [0.15, 0.2) is 24.3 Å². The quantitative estimate of drug-likeness (QED) is 0.837. The standard InChI is InChI=1S/C19H25N3O3/c20-19(25)15-12-13-6-2-3-7-14(13)18(21-15)16(23)8-9-17(24)22-10-4-1-5-11-22/h2-3,6-7,15,18,21H,1,4-5,8-12H2,(H2,20,25). The minimum atomic E-state index is -0.573. The summed E-state index contributed by atoms with van der Waals surface area (Å²) in [6, 6.07) is 6.46. The summed E-state index contributed by atoms with van der Waals surface area (Å²) in [6.45, 7) is 1.59. The highest BCUT2D eigenvalue weighted by Crippen LogP contribution is 2.27.